The number of hydrogen-bond acceptors (Lipinski definition) is 4. The van der Waals surface area contributed by atoms with Crippen molar-refractivity contribution in [2.75, 3.05) is 6.61 Å². The molecule has 0 saturated heterocycles. The van der Waals surface area contributed by atoms with Crippen molar-refractivity contribution < 1.29 is 14.3 Å². The van der Waals surface area contributed by atoms with Gasteiger partial charge in [0, 0.05) is 5.56 Å². The fourth-order valence-electron chi connectivity index (χ4n) is 2.95. The normalized spacial score (nSPS) is 21.2. The zero-order valence-corrected chi connectivity index (χ0v) is 13.7. The largest absolute Gasteiger partial charge is 0.477 e. The van der Waals surface area contributed by atoms with Crippen molar-refractivity contribution in [3.8, 4) is 5.88 Å². The van der Waals surface area contributed by atoms with Gasteiger partial charge in [0.2, 0.25) is 11.8 Å². The van der Waals surface area contributed by atoms with E-state index in [4.69, 9.17) is 10.5 Å². The summed E-state index contributed by atoms with van der Waals surface area (Å²) in [7, 11) is 0. The quantitative estimate of drug-likeness (QED) is 0.759. The van der Waals surface area contributed by atoms with Crippen molar-refractivity contribution in [2.45, 2.75) is 50.5 Å². The van der Waals surface area contributed by atoms with Crippen molar-refractivity contribution in [3.05, 3.63) is 23.4 Å². The van der Waals surface area contributed by atoms with Crippen LogP contribution in [0.3, 0.4) is 0 Å². The number of nitrogens with one attached hydrogen (secondary N) is 1. The number of carbonyl (C=O) groups excluding carboxylic acids is 2. The van der Waals surface area contributed by atoms with E-state index in [1.807, 2.05) is 6.07 Å². The molecule has 0 unspecified atom stereocenters. The lowest BCUT2D eigenvalue weighted by atomic mass is 10.1. The number of ether oxygens (including phenoxy) is 1. The number of aromatic nitrogens is 1. The third kappa shape index (κ3) is 3.52. The van der Waals surface area contributed by atoms with Gasteiger partial charge in [-0.2, -0.15) is 0 Å². The van der Waals surface area contributed by atoms with E-state index < -0.39 is 11.9 Å². The van der Waals surface area contributed by atoms with E-state index >= 15 is 0 Å². The molecule has 0 aromatic carbocycles. The predicted octanol–water partition coefficient (Wildman–Crippen LogP) is 1.74. The molecular formula is C18H23N3O3. The van der Waals surface area contributed by atoms with Crippen LogP contribution in [-0.4, -0.2) is 29.4 Å². The second kappa shape index (κ2) is 6.07. The highest BCUT2D eigenvalue weighted by Crippen LogP contribution is 2.44. The molecule has 3 saturated carbocycles. The molecule has 1 aromatic heterocycles. The molecule has 6 nitrogen and oxygen atoms in total. The number of hydrogen-bond donors (Lipinski definition) is 2. The van der Waals surface area contributed by atoms with Crippen molar-refractivity contribution in [1.82, 2.24) is 10.3 Å². The number of amides is 2. The fourth-order valence-corrected chi connectivity index (χ4v) is 2.95. The summed E-state index contributed by atoms with van der Waals surface area (Å²) in [5, 5.41) is 2.73. The van der Waals surface area contributed by atoms with Crippen molar-refractivity contribution in [3.63, 3.8) is 0 Å². The standard InChI is InChI=1S/C18H23N3O3/c19-16(22)15(12-5-6-12)21-17(23)14-8-7-13(11-3-4-11)18(20-14)24-9-10-1-2-10/h7-8,10-12,15H,1-6,9H2,(H2,19,22)(H,21,23)/t15-/m0/s1. The predicted molar refractivity (Wildman–Crippen MR) is 87.6 cm³/mol. The summed E-state index contributed by atoms with van der Waals surface area (Å²) in [5.74, 6) is 1.05. The highest BCUT2D eigenvalue weighted by Gasteiger charge is 2.36. The van der Waals surface area contributed by atoms with Crippen LogP contribution in [0.25, 0.3) is 0 Å². The van der Waals surface area contributed by atoms with Crippen LogP contribution in [0.5, 0.6) is 5.88 Å². The molecule has 3 fully saturated rings. The summed E-state index contributed by atoms with van der Waals surface area (Å²) in [5.41, 5.74) is 6.78. The lowest BCUT2D eigenvalue weighted by molar-refractivity contribution is -0.120. The summed E-state index contributed by atoms with van der Waals surface area (Å²) >= 11 is 0. The lowest BCUT2D eigenvalue weighted by Crippen LogP contribution is -2.46. The molecule has 0 spiro atoms. The smallest absolute Gasteiger partial charge is 0.270 e. The summed E-state index contributed by atoms with van der Waals surface area (Å²) < 4.78 is 5.88. The minimum absolute atomic E-state index is 0.169. The number of pyridine rings is 1. The van der Waals surface area contributed by atoms with Gasteiger partial charge in [-0.25, -0.2) is 4.98 Å². The molecule has 2 amide bonds. The van der Waals surface area contributed by atoms with Crippen LogP contribution in [0.15, 0.2) is 12.1 Å². The van der Waals surface area contributed by atoms with Gasteiger partial charge in [-0.3, -0.25) is 9.59 Å². The minimum atomic E-state index is -0.599. The van der Waals surface area contributed by atoms with Gasteiger partial charge in [0.25, 0.3) is 5.91 Å². The highest BCUT2D eigenvalue weighted by atomic mass is 16.5. The van der Waals surface area contributed by atoms with Crippen LogP contribution in [0.2, 0.25) is 0 Å². The first-order valence-electron chi connectivity index (χ1n) is 8.85. The Morgan fingerprint density at radius 2 is 1.96 bits per heavy atom. The van der Waals surface area contributed by atoms with Gasteiger partial charge in [-0.15, -0.1) is 0 Å². The third-order valence-corrected chi connectivity index (χ3v) is 4.98. The van der Waals surface area contributed by atoms with E-state index in [9.17, 15) is 9.59 Å². The Kier molecular flexibility index (Phi) is 3.90. The average molecular weight is 329 g/mol. The van der Waals surface area contributed by atoms with Crippen LogP contribution >= 0.6 is 0 Å². The molecule has 128 valence electrons. The zero-order valence-electron chi connectivity index (χ0n) is 13.7. The second-order valence-electron chi connectivity index (χ2n) is 7.31. The van der Waals surface area contributed by atoms with Crippen LogP contribution in [0, 0.1) is 11.8 Å². The van der Waals surface area contributed by atoms with Gasteiger partial charge < -0.3 is 15.8 Å². The maximum atomic E-state index is 12.5. The number of primary amides is 1. The van der Waals surface area contributed by atoms with E-state index in [-0.39, 0.29) is 17.5 Å². The first kappa shape index (κ1) is 15.4. The Morgan fingerprint density at radius 3 is 2.54 bits per heavy atom. The summed E-state index contributed by atoms with van der Waals surface area (Å²) in [6, 6.07) is 3.06. The first-order valence-corrected chi connectivity index (χ1v) is 8.85. The molecule has 3 aliphatic carbocycles. The average Bonchev–Trinajstić information content (AvgIpc) is 3.41. The molecule has 0 aliphatic heterocycles. The topological polar surface area (TPSA) is 94.3 Å². The Morgan fingerprint density at radius 1 is 1.21 bits per heavy atom. The van der Waals surface area contributed by atoms with E-state index in [0.29, 0.717) is 24.3 Å². The molecule has 4 rings (SSSR count). The van der Waals surface area contributed by atoms with Gasteiger partial charge in [0.1, 0.15) is 11.7 Å². The maximum absolute atomic E-state index is 12.5. The van der Waals surface area contributed by atoms with E-state index in [1.54, 1.807) is 6.07 Å². The van der Waals surface area contributed by atoms with Crippen molar-refractivity contribution in [2.24, 2.45) is 17.6 Å². The second-order valence-corrected chi connectivity index (χ2v) is 7.31. The Bertz CT molecular complexity index is 663. The summed E-state index contributed by atoms with van der Waals surface area (Å²) in [6.45, 7) is 0.670. The van der Waals surface area contributed by atoms with Crippen LogP contribution in [-0.2, 0) is 4.79 Å². The first-order chi connectivity index (χ1) is 11.6. The molecule has 1 aromatic rings. The zero-order chi connectivity index (χ0) is 16.7. The molecular weight excluding hydrogens is 306 g/mol. The Hall–Kier alpha value is -2.11. The third-order valence-electron chi connectivity index (χ3n) is 4.98. The van der Waals surface area contributed by atoms with E-state index in [1.165, 1.54) is 12.8 Å². The van der Waals surface area contributed by atoms with Gasteiger partial charge in [-0.1, -0.05) is 6.07 Å². The molecule has 3 aliphatic rings. The number of nitrogens with two attached hydrogens (primary N) is 1. The van der Waals surface area contributed by atoms with E-state index in [0.717, 1.165) is 31.2 Å². The summed E-state index contributed by atoms with van der Waals surface area (Å²) in [4.78, 5) is 28.4. The number of rotatable bonds is 8. The molecule has 1 heterocycles. The number of carbonyl (C=O) groups is 2. The van der Waals surface area contributed by atoms with Crippen molar-refractivity contribution in [1.29, 1.82) is 0 Å². The molecule has 1 atom stereocenters. The molecule has 6 heteroatoms. The van der Waals surface area contributed by atoms with Crippen molar-refractivity contribution >= 4 is 11.8 Å². The fraction of sp³-hybridized carbons (Fsp3) is 0.611. The number of nitrogens with zero attached hydrogens (tertiary/aromatic N) is 1. The Balaban J connectivity index is 1.49. The van der Waals surface area contributed by atoms with Gasteiger partial charge in [-0.05, 0) is 62.3 Å². The van der Waals surface area contributed by atoms with Gasteiger partial charge >= 0.3 is 0 Å². The summed E-state index contributed by atoms with van der Waals surface area (Å²) in [6.07, 6.45) is 6.58. The minimum Gasteiger partial charge on any atom is -0.477 e. The van der Waals surface area contributed by atoms with Crippen LogP contribution < -0.4 is 15.8 Å². The van der Waals surface area contributed by atoms with Gasteiger partial charge in [0.15, 0.2) is 0 Å². The molecule has 24 heavy (non-hydrogen) atoms. The lowest BCUT2D eigenvalue weighted by Gasteiger charge is -2.15. The Labute approximate surface area is 141 Å². The molecule has 0 radical (unpaired) electrons. The SMILES string of the molecule is NC(=O)[C@@H](NC(=O)c1ccc(C2CC2)c(OCC2CC2)n1)C1CC1. The highest BCUT2D eigenvalue weighted by molar-refractivity contribution is 5.96. The maximum Gasteiger partial charge on any atom is 0.270 e. The van der Waals surface area contributed by atoms with Crippen LogP contribution in [0.1, 0.15) is 60.5 Å². The molecule has 3 N–H and O–H groups in total. The monoisotopic (exact) mass is 329 g/mol. The van der Waals surface area contributed by atoms with Crippen LogP contribution in [0.4, 0.5) is 0 Å². The van der Waals surface area contributed by atoms with E-state index in [2.05, 4.69) is 10.3 Å². The van der Waals surface area contributed by atoms with Gasteiger partial charge in [0.05, 0.1) is 6.61 Å². The molecule has 0 bridgehead atoms.